The standard InChI is InChI=1S/C13H14BrNO4/c14-10-3-1-2-4-11(10)15-7-9(5-6-13(17)18)19-8-12(15)16/h1-4,9H,5-8H2,(H,17,18). The molecule has 1 aliphatic heterocycles. The topological polar surface area (TPSA) is 66.8 Å². The number of aliphatic carboxylic acids is 1. The van der Waals surface area contributed by atoms with Crippen molar-refractivity contribution in [2.75, 3.05) is 18.1 Å². The lowest BCUT2D eigenvalue weighted by molar-refractivity contribution is -0.138. The van der Waals surface area contributed by atoms with E-state index in [4.69, 9.17) is 9.84 Å². The van der Waals surface area contributed by atoms with Crippen LogP contribution in [0.25, 0.3) is 0 Å². The van der Waals surface area contributed by atoms with Gasteiger partial charge in [0.15, 0.2) is 0 Å². The predicted octanol–water partition coefficient (Wildman–Crippen LogP) is 2.05. The first-order valence-electron chi connectivity index (χ1n) is 5.96. The number of benzene rings is 1. The Morgan fingerprint density at radius 1 is 1.47 bits per heavy atom. The number of para-hydroxylation sites is 1. The van der Waals surface area contributed by atoms with Crippen LogP contribution in [0.15, 0.2) is 28.7 Å². The monoisotopic (exact) mass is 327 g/mol. The lowest BCUT2D eigenvalue weighted by atomic mass is 10.1. The number of amides is 1. The molecule has 0 radical (unpaired) electrons. The van der Waals surface area contributed by atoms with Gasteiger partial charge in [0.05, 0.1) is 18.3 Å². The molecule has 1 aliphatic rings. The van der Waals surface area contributed by atoms with Gasteiger partial charge in [0.1, 0.15) is 6.61 Å². The van der Waals surface area contributed by atoms with Crippen LogP contribution in [0.2, 0.25) is 0 Å². The van der Waals surface area contributed by atoms with E-state index in [1.165, 1.54) is 0 Å². The summed E-state index contributed by atoms with van der Waals surface area (Å²) in [5.41, 5.74) is 0.788. The molecule has 5 nitrogen and oxygen atoms in total. The Hall–Kier alpha value is -1.40. The van der Waals surface area contributed by atoms with Crippen LogP contribution < -0.4 is 4.90 Å². The van der Waals surface area contributed by atoms with Gasteiger partial charge in [-0.25, -0.2) is 0 Å². The van der Waals surface area contributed by atoms with Crippen LogP contribution in [-0.2, 0) is 14.3 Å². The van der Waals surface area contributed by atoms with E-state index in [2.05, 4.69) is 15.9 Å². The normalized spacial score (nSPS) is 19.5. The maximum atomic E-state index is 11.9. The van der Waals surface area contributed by atoms with Crippen LogP contribution in [0, 0.1) is 0 Å². The summed E-state index contributed by atoms with van der Waals surface area (Å²) in [5, 5.41) is 8.68. The van der Waals surface area contributed by atoms with E-state index in [9.17, 15) is 9.59 Å². The molecule has 1 fully saturated rings. The molecule has 1 N–H and O–H groups in total. The Bertz CT molecular complexity index is 491. The molecule has 1 atom stereocenters. The van der Waals surface area contributed by atoms with E-state index < -0.39 is 5.97 Å². The van der Waals surface area contributed by atoms with Gasteiger partial charge in [-0.1, -0.05) is 12.1 Å². The average molecular weight is 328 g/mol. The SMILES string of the molecule is O=C(O)CCC1CN(c2ccccc2Br)C(=O)CO1. The van der Waals surface area contributed by atoms with E-state index in [-0.39, 0.29) is 25.0 Å². The smallest absolute Gasteiger partial charge is 0.303 e. The number of anilines is 1. The molecule has 0 saturated carbocycles. The molecule has 2 rings (SSSR count). The summed E-state index contributed by atoms with van der Waals surface area (Å²) in [6, 6.07) is 7.45. The summed E-state index contributed by atoms with van der Waals surface area (Å²) in [6.45, 7) is 0.375. The van der Waals surface area contributed by atoms with Gasteiger partial charge in [-0.3, -0.25) is 9.59 Å². The second-order valence-electron chi connectivity index (χ2n) is 4.32. The fourth-order valence-corrected chi connectivity index (χ4v) is 2.49. The van der Waals surface area contributed by atoms with Gasteiger partial charge in [-0.05, 0) is 34.5 Å². The molecule has 0 aliphatic carbocycles. The minimum atomic E-state index is -0.854. The Balaban J connectivity index is 2.09. The number of hydrogen-bond donors (Lipinski definition) is 1. The number of nitrogens with zero attached hydrogens (tertiary/aromatic N) is 1. The molecule has 6 heteroatoms. The molecule has 1 unspecified atom stereocenters. The van der Waals surface area contributed by atoms with Gasteiger partial charge in [-0.2, -0.15) is 0 Å². The van der Waals surface area contributed by atoms with Crippen molar-refractivity contribution < 1.29 is 19.4 Å². The third-order valence-electron chi connectivity index (χ3n) is 2.95. The number of hydrogen-bond acceptors (Lipinski definition) is 3. The fraction of sp³-hybridized carbons (Fsp3) is 0.385. The van der Waals surface area contributed by atoms with E-state index in [0.29, 0.717) is 13.0 Å². The largest absolute Gasteiger partial charge is 0.481 e. The Labute approximate surface area is 119 Å². The van der Waals surface area contributed by atoms with Gasteiger partial charge in [0.25, 0.3) is 5.91 Å². The maximum Gasteiger partial charge on any atom is 0.303 e. The van der Waals surface area contributed by atoms with Gasteiger partial charge < -0.3 is 14.7 Å². The highest BCUT2D eigenvalue weighted by atomic mass is 79.9. The van der Waals surface area contributed by atoms with E-state index >= 15 is 0 Å². The molecule has 19 heavy (non-hydrogen) atoms. The Kier molecular flexibility index (Phi) is 4.55. The summed E-state index contributed by atoms with van der Waals surface area (Å²) in [4.78, 5) is 24.1. The minimum absolute atomic E-state index is 0.00831. The van der Waals surface area contributed by atoms with Crippen LogP contribution in [0.3, 0.4) is 0 Å². The van der Waals surface area contributed by atoms with Gasteiger partial charge >= 0.3 is 5.97 Å². The molecule has 1 aromatic rings. The van der Waals surface area contributed by atoms with Crippen LogP contribution in [-0.4, -0.2) is 36.2 Å². The summed E-state index contributed by atoms with van der Waals surface area (Å²) < 4.78 is 6.20. The summed E-state index contributed by atoms with van der Waals surface area (Å²) >= 11 is 3.41. The predicted molar refractivity (Wildman–Crippen MR) is 73.1 cm³/mol. The molecular weight excluding hydrogens is 314 g/mol. The van der Waals surface area contributed by atoms with E-state index in [1.807, 2.05) is 24.3 Å². The molecule has 1 heterocycles. The number of morpholine rings is 1. The van der Waals surface area contributed by atoms with Gasteiger partial charge in [-0.15, -0.1) is 0 Å². The van der Waals surface area contributed by atoms with Crippen molar-refractivity contribution >= 4 is 33.5 Å². The first-order valence-corrected chi connectivity index (χ1v) is 6.75. The van der Waals surface area contributed by atoms with Crippen LogP contribution in [0.1, 0.15) is 12.8 Å². The van der Waals surface area contributed by atoms with Crippen molar-refractivity contribution in [2.24, 2.45) is 0 Å². The minimum Gasteiger partial charge on any atom is -0.481 e. The van der Waals surface area contributed by atoms with Crippen LogP contribution >= 0.6 is 15.9 Å². The highest BCUT2D eigenvalue weighted by molar-refractivity contribution is 9.10. The molecule has 102 valence electrons. The average Bonchev–Trinajstić information content (AvgIpc) is 2.38. The lowest BCUT2D eigenvalue weighted by Gasteiger charge is -2.33. The zero-order valence-electron chi connectivity index (χ0n) is 10.2. The quantitative estimate of drug-likeness (QED) is 0.919. The van der Waals surface area contributed by atoms with Crippen LogP contribution in [0.4, 0.5) is 5.69 Å². The zero-order chi connectivity index (χ0) is 13.8. The van der Waals surface area contributed by atoms with Crippen molar-refractivity contribution in [3.8, 4) is 0 Å². The van der Waals surface area contributed by atoms with Gasteiger partial charge in [0.2, 0.25) is 0 Å². The molecule has 1 amide bonds. The summed E-state index contributed by atoms with van der Waals surface area (Å²) in [6.07, 6.45) is 0.215. The summed E-state index contributed by atoms with van der Waals surface area (Å²) in [5.74, 6) is -0.966. The fourth-order valence-electron chi connectivity index (χ4n) is 1.99. The van der Waals surface area contributed by atoms with Crippen molar-refractivity contribution in [1.82, 2.24) is 0 Å². The van der Waals surface area contributed by atoms with E-state index in [0.717, 1.165) is 10.2 Å². The zero-order valence-corrected chi connectivity index (χ0v) is 11.8. The van der Waals surface area contributed by atoms with Crippen molar-refractivity contribution in [3.05, 3.63) is 28.7 Å². The van der Waals surface area contributed by atoms with Crippen molar-refractivity contribution in [2.45, 2.75) is 18.9 Å². The first-order chi connectivity index (χ1) is 9.08. The molecule has 0 bridgehead atoms. The first kappa shape index (κ1) is 14.0. The third kappa shape index (κ3) is 3.54. The number of rotatable bonds is 4. The maximum absolute atomic E-state index is 11.9. The van der Waals surface area contributed by atoms with Crippen molar-refractivity contribution in [3.63, 3.8) is 0 Å². The second-order valence-corrected chi connectivity index (χ2v) is 5.18. The number of carbonyl (C=O) groups is 2. The molecule has 0 spiro atoms. The Morgan fingerprint density at radius 3 is 2.89 bits per heavy atom. The van der Waals surface area contributed by atoms with Crippen LogP contribution in [0.5, 0.6) is 0 Å². The number of carboxylic acids is 1. The van der Waals surface area contributed by atoms with Crippen molar-refractivity contribution in [1.29, 1.82) is 0 Å². The number of ether oxygens (including phenoxy) is 1. The molecular formula is C13H14BrNO4. The number of halogens is 1. The molecule has 0 aromatic heterocycles. The highest BCUT2D eigenvalue weighted by Crippen LogP contribution is 2.28. The number of carboxylic acid groups (broad SMARTS) is 1. The highest BCUT2D eigenvalue weighted by Gasteiger charge is 2.28. The Morgan fingerprint density at radius 2 is 2.21 bits per heavy atom. The van der Waals surface area contributed by atoms with E-state index in [1.54, 1.807) is 4.90 Å². The lowest BCUT2D eigenvalue weighted by Crippen LogP contribution is -2.47. The molecule has 1 aromatic carbocycles. The third-order valence-corrected chi connectivity index (χ3v) is 3.62. The second kappa shape index (κ2) is 6.16. The van der Waals surface area contributed by atoms with Gasteiger partial charge in [0, 0.05) is 10.9 Å². The summed E-state index contributed by atoms with van der Waals surface area (Å²) in [7, 11) is 0. The number of carbonyl (C=O) groups excluding carboxylic acids is 1. The molecule has 1 saturated heterocycles.